The summed E-state index contributed by atoms with van der Waals surface area (Å²) in [7, 11) is 0. The molecule has 2 aliphatic rings. The Morgan fingerprint density at radius 1 is 0.915 bits per heavy atom. The van der Waals surface area contributed by atoms with E-state index in [0.29, 0.717) is 56.0 Å². The van der Waals surface area contributed by atoms with Gasteiger partial charge in [0.15, 0.2) is 11.5 Å². The van der Waals surface area contributed by atoms with E-state index in [1.807, 2.05) is 13.8 Å². The minimum atomic E-state index is -6.00. The lowest BCUT2D eigenvalue weighted by Crippen LogP contribution is -2.54. The molecule has 1 fully saturated rings. The molecule has 0 aromatic heterocycles. The number of hydrogen-bond acceptors (Lipinski definition) is 6. The van der Waals surface area contributed by atoms with Crippen LogP contribution in [-0.4, -0.2) is 60.7 Å². The van der Waals surface area contributed by atoms with E-state index in [4.69, 9.17) is 14.2 Å². The van der Waals surface area contributed by atoms with Crippen LogP contribution in [0.15, 0.2) is 30.3 Å². The highest BCUT2D eigenvalue weighted by Gasteiger charge is 2.71. The Bertz CT molecular complexity index is 1420. The van der Waals surface area contributed by atoms with Crippen molar-refractivity contribution in [2.45, 2.75) is 89.7 Å². The fourth-order valence-corrected chi connectivity index (χ4v) is 6.10. The number of aliphatic hydroxyl groups is 1. The van der Waals surface area contributed by atoms with Gasteiger partial charge in [0.05, 0.1) is 6.61 Å². The van der Waals surface area contributed by atoms with Gasteiger partial charge in [0, 0.05) is 12.1 Å². The largest absolute Gasteiger partial charge is 0.493 e. The van der Waals surface area contributed by atoms with Gasteiger partial charge in [0.2, 0.25) is 0 Å². The van der Waals surface area contributed by atoms with Gasteiger partial charge in [-0.15, -0.1) is 0 Å². The molecule has 0 spiro atoms. The maximum atomic E-state index is 13.8. The summed E-state index contributed by atoms with van der Waals surface area (Å²) in [5, 5.41) is 12.9. The van der Waals surface area contributed by atoms with Crippen LogP contribution < -0.4 is 19.5 Å². The van der Waals surface area contributed by atoms with Gasteiger partial charge in [-0.1, -0.05) is 46.6 Å². The average Bonchev–Trinajstić information content (AvgIpc) is 3.26. The van der Waals surface area contributed by atoms with Gasteiger partial charge in [0.1, 0.15) is 24.5 Å². The fraction of sp³-hybridized carbons (Fsp3) is 0.576. The summed E-state index contributed by atoms with van der Waals surface area (Å²) in [6.07, 6.45) is -10.3. The molecule has 2 aromatic rings. The molecule has 14 heteroatoms. The molecule has 2 N–H and O–H groups in total. The molecule has 4 rings (SSSR count). The van der Waals surface area contributed by atoms with Crippen LogP contribution in [0.25, 0.3) is 0 Å². The Labute approximate surface area is 269 Å². The molecular formula is C33H40F6N2O6. The first-order valence-electron chi connectivity index (χ1n) is 15.7. The van der Waals surface area contributed by atoms with Crippen molar-refractivity contribution in [1.82, 2.24) is 10.2 Å². The Morgan fingerprint density at radius 3 is 2.02 bits per heavy atom. The number of aryl methyl sites for hydroxylation is 2. The van der Waals surface area contributed by atoms with Gasteiger partial charge >= 0.3 is 18.4 Å². The first-order valence-corrected chi connectivity index (χ1v) is 15.7. The molecule has 47 heavy (non-hydrogen) atoms. The number of nitrogens with one attached hydrogen (secondary N) is 1. The first kappa shape index (κ1) is 36.2. The predicted molar refractivity (Wildman–Crippen MR) is 159 cm³/mol. The number of amides is 3. The average molecular weight is 675 g/mol. The molecule has 0 radical (unpaired) electrons. The molecule has 260 valence electrons. The summed E-state index contributed by atoms with van der Waals surface area (Å²) in [6.45, 7) is 7.92. The number of benzene rings is 2. The lowest BCUT2D eigenvalue weighted by molar-refractivity contribution is -0.376. The van der Waals surface area contributed by atoms with Gasteiger partial charge < -0.3 is 24.6 Å². The number of nitrogens with zero attached hydrogens (tertiary/aromatic N) is 1. The van der Waals surface area contributed by atoms with Crippen LogP contribution in [0.3, 0.4) is 0 Å². The second-order valence-corrected chi connectivity index (χ2v) is 12.1. The number of carbonyl (C=O) groups is 2. The number of rotatable bonds is 13. The van der Waals surface area contributed by atoms with Crippen molar-refractivity contribution in [2.75, 3.05) is 26.4 Å². The van der Waals surface area contributed by atoms with Crippen LogP contribution in [0.5, 0.6) is 17.2 Å². The summed E-state index contributed by atoms with van der Waals surface area (Å²) in [5.41, 5.74) is -6.88. The molecular weight excluding hydrogens is 634 g/mol. The summed E-state index contributed by atoms with van der Waals surface area (Å²) in [6, 6.07) is 5.99. The van der Waals surface area contributed by atoms with Crippen molar-refractivity contribution < 1.29 is 55.2 Å². The molecule has 1 atom stereocenters. The highest BCUT2D eigenvalue weighted by atomic mass is 19.4. The van der Waals surface area contributed by atoms with Crippen molar-refractivity contribution >= 4 is 11.9 Å². The molecule has 0 saturated carbocycles. The molecule has 0 aliphatic carbocycles. The van der Waals surface area contributed by atoms with Crippen LogP contribution in [-0.2, 0) is 28.8 Å². The Morgan fingerprint density at radius 2 is 1.49 bits per heavy atom. The summed E-state index contributed by atoms with van der Waals surface area (Å²) < 4.78 is 99.3. The topological polar surface area (TPSA) is 97.3 Å². The Balaban J connectivity index is 1.49. The number of imide groups is 1. The maximum Gasteiger partial charge on any atom is 0.430 e. The quantitative estimate of drug-likeness (QED) is 0.136. The van der Waals surface area contributed by atoms with Crippen molar-refractivity contribution in [3.05, 3.63) is 52.6 Å². The minimum Gasteiger partial charge on any atom is -0.493 e. The third-order valence-electron chi connectivity index (χ3n) is 8.54. The summed E-state index contributed by atoms with van der Waals surface area (Å²) in [5.74, 6) is 0.451. The van der Waals surface area contributed by atoms with E-state index in [-0.39, 0.29) is 48.8 Å². The molecule has 3 amide bonds. The lowest BCUT2D eigenvalue weighted by atomic mass is 9.79. The Kier molecular flexibility index (Phi) is 10.6. The molecule has 2 heterocycles. The third-order valence-corrected chi connectivity index (χ3v) is 8.54. The smallest absolute Gasteiger partial charge is 0.430 e. The van der Waals surface area contributed by atoms with Crippen molar-refractivity contribution in [3.8, 4) is 17.2 Å². The summed E-state index contributed by atoms with van der Waals surface area (Å²) in [4.78, 5) is 28.0. The fourth-order valence-electron chi connectivity index (χ4n) is 6.10. The van der Waals surface area contributed by atoms with E-state index in [0.717, 1.165) is 17.0 Å². The number of fused-ring (bicyclic) bond motifs is 1. The van der Waals surface area contributed by atoms with Crippen LogP contribution in [0, 0.1) is 5.92 Å². The zero-order chi connectivity index (χ0) is 34.8. The van der Waals surface area contributed by atoms with E-state index in [2.05, 4.69) is 5.32 Å². The van der Waals surface area contributed by atoms with E-state index >= 15 is 0 Å². The highest BCUT2D eigenvalue weighted by molar-refractivity contribution is 6.07. The molecule has 2 aromatic carbocycles. The number of urea groups is 1. The van der Waals surface area contributed by atoms with Crippen LogP contribution >= 0.6 is 0 Å². The van der Waals surface area contributed by atoms with Gasteiger partial charge in [-0.3, -0.25) is 9.69 Å². The van der Waals surface area contributed by atoms with Gasteiger partial charge in [-0.05, 0) is 72.6 Å². The van der Waals surface area contributed by atoms with Gasteiger partial charge in [0.25, 0.3) is 11.5 Å². The molecule has 0 bridgehead atoms. The highest BCUT2D eigenvalue weighted by Crippen LogP contribution is 2.51. The third kappa shape index (κ3) is 6.70. The standard InChI is InChI=1S/C33H40F6N2O6/c1-5-9-21-17-24(31(44,32(34,35)36)33(37,38)39)18-22(10-6-2)27(21)47-14-8-7-13-41-28(42)30(20(3)4,40-29(41)43)23-11-12-25-26(19-23)46-16-15-45-25/h11-12,17-20,44H,5-10,13-16H2,1-4H3,(H,40,43). The van der Waals surface area contributed by atoms with E-state index < -0.39 is 41.0 Å². The Hall–Kier alpha value is -3.68. The molecule has 1 unspecified atom stereocenters. The van der Waals surface area contributed by atoms with E-state index in [1.165, 1.54) is 0 Å². The number of ether oxygens (including phenoxy) is 3. The second kappa shape index (κ2) is 13.8. The molecule has 1 saturated heterocycles. The molecule has 8 nitrogen and oxygen atoms in total. The van der Waals surface area contributed by atoms with Crippen LogP contribution in [0.2, 0.25) is 0 Å². The minimum absolute atomic E-state index is 0.0245. The number of unbranched alkanes of at least 4 members (excludes halogenated alkanes) is 1. The van der Waals surface area contributed by atoms with Gasteiger partial charge in [-0.25, -0.2) is 4.79 Å². The lowest BCUT2D eigenvalue weighted by Gasteiger charge is -2.33. The normalized spacial score (nSPS) is 18.6. The van der Waals surface area contributed by atoms with Crippen molar-refractivity contribution in [3.63, 3.8) is 0 Å². The van der Waals surface area contributed by atoms with Crippen molar-refractivity contribution in [1.29, 1.82) is 0 Å². The monoisotopic (exact) mass is 674 g/mol. The number of halogens is 6. The summed E-state index contributed by atoms with van der Waals surface area (Å²) >= 11 is 0. The van der Waals surface area contributed by atoms with Gasteiger partial charge in [-0.2, -0.15) is 26.3 Å². The predicted octanol–water partition coefficient (Wildman–Crippen LogP) is 6.94. The number of alkyl halides is 6. The van der Waals surface area contributed by atoms with Crippen LogP contribution in [0.1, 0.15) is 75.6 Å². The first-order chi connectivity index (χ1) is 22.0. The van der Waals surface area contributed by atoms with E-state index in [1.54, 1.807) is 32.0 Å². The SMILES string of the molecule is CCCc1cc(C(O)(C(F)(F)F)C(F)(F)F)cc(CCC)c1OCCCCN1C(=O)NC(c2ccc3c(c2)OCCO3)(C(C)C)C1=O. The molecule has 2 aliphatic heterocycles. The zero-order valence-corrected chi connectivity index (χ0v) is 26.7. The van der Waals surface area contributed by atoms with Crippen LogP contribution in [0.4, 0.5) is 31.1 Å². The zero-order valence-electron chi connectivity index (χ0n) is 26.7. The number of carbonyl (C=O) groups excluding carboxylic acids is 2. The van der Waals surface area contributed by atoms with Crippen molar-refractivity contribution in [2.24, 2.45) is 5.92 Å². The maximum absolute atomic E-state index is 13.8. The second-order valence-electron chi connectivity index (χ2n) is 12.1. The van der Waals surface area contributed by atoms with E-state index in [9.17, 15) is 41.0 Å². The number of hydrogen-bond donors (Lipinski definition) is 2.